The predicted octanol–water partition coefficient (Wildman–Crippen LogP) is 2.66. The first-order valence-electron chi connectivity index (χ1n) is 5.63. The third-order valence-electron chi connectivity index (χ3n) is 2.69. The molecule has 0 aromatic heterocycles. The Morgan fingerprint density at radius 3 is 2.50 bits per heavy atom. The highest BCUT2D eigenvalue weighted by Crippen LogP contribution is 2.23. The van der Waals surface area contributed by atoms with Crippen LogP contribution in [0.15, 0.2) is 41.3 Å². The second-order valence-electron chi connectivity index (χ2n) is 4.25. The summed E-state index contributed by atoms with van der Waals surface area (Å²) in [5.41, 5.74) is 6.13. The summed E-state index contributed by atoms with van der Waals surface area (Å²) in [7, 11) is -4.18. The summed E-state index contributed by atoms with van der Waals surface area (Å²) in [6.07, 6.45) is 0. The zero-order chi connectivity index (χ0) is 14.9. The van der Waals surface area contributed by atoms with Crippen molar-refractivity contribution in [2.75, 3.05) is 10.5 Å². The maximum atomic E-state index is 13.6. The van der Waals surface area contributed by atoms with E-state index in [0.717, 1.165) is 18.2 Å². The number of rotatable bonds is 3. The van der Waals surface area contributed by atoms with Gasteiger partial charge in [-0.25, -0.2) is 17.2 Å². The van der Waals surface area contributed by atoms with Crippen molar-refractivity contribution in [1.82, 2.24) is 0 Å². The molecule has 2 aromatic rings. The van der Waals surface area contributed by atoms with Crippen molar-refractivity contribution in [2.24, 2.45) is 0 Å². The summed E-state index contributed by atoms with van der Waals surface area (Å²) in [5.74, 6) is -1.53. The van der Waals surface area contributed by atoms with Gasteiger partial charge >= 0.3 is 0 Å². The highest BCUT2D eigenvalue weighted by Gasteiger charge is 2.20. The Morgan fingerprint density at radius 2 is 1.80 bits per heavy atom. The fraction of sp³-hybridized carbons (Fsp3) is 0.0769. The van der Waals surface area contributed by atoms with Gasteiger partial charge < -0.3 is 5.73 Å². The molecular formula is C13H12F2N2O2S. The van der Waals surface area contributed by atoms with Crippen LogP contribution >= 0.6 is 0 Å². The second kappa shape index (κ2) is 5.09. The molecule has 106 valence electrons. The van der Waals surface area contributed by atoms with E-state index in [2.05, 4.69) is 4.72 Å². The van der Waals surface area contributed by atoms with Crippen LogP contribution in [0.3, 0.4) is 0 Å². The van der Waals surface area contributed by atoms with Crippen molar-refractivity contribution in [1.29, 1.82) is 0 Å². The van der Waals surface area contributed by atoms with Crippen LogP contribution in [0.5, 0.6) is 0 Å². The van der Waals surface area contributed by atoms with Gasteiger partial charge in [-0.05, 0) is 42.8 Å². The van der Waals surface area contributed by atoms with Gasteiger partial charge in [0.2, 0.25) is 0 Å². The summed E-state index contributed by atoms with van der Waals surface area (Å²) >= 11 is 0. The van der Waals surface area contributed by atoms with Crippen LogP contribution in [-0.4, -0.2) is 8.42 Å². The lowest BCUT2D eigenvalue weighted by atomic mass is 10.2. The molecule has 0 fully saturated rings. The van der Waals surface area contributed by atoms with E-state index in [1.165, 1.54) is 18.2 Å². The number of halogens is 2. The minimum Gasteiger partial charge on any atom is -0.399 e. The topological polar surface area (TPSA) is 72.2 Å². The van der Waals surface area contributed by atoms with E-state index in [4.69, 9.17) is 5.73 Å². The molecule has 0 aliphatic heterocycles. The number of hydrogen-bond acceptors (Lipinski definition) is 3. The molecule has 0 aliphatic rings. The maximum absolute atomic E-state index is 13.6. The molecule has 3 N–H and O–H groups in total. The number of nitrogens with two attached hydrogens (primary N) is 1. The van der Waals surface area contributed by atoms with E-state index in [-0.39, 0.29) is 11.4 Å². The Hall–Kier alpha value is -2.15. The molecule has 0 saturated heterocycles. The largest absolute Gasteiger partial charge is 0.399 e. The lowest BCUT2D eigenvalue weighted by Crippen LogP contribution is -2.15. The van der Waals surface area contributed by atoms with Crippen LogP contribution in [-0.2, 0) is 10.0 Å². The van der Waals surface area contributed by atoms with Crippen molar-refractivity contribution in [2.45, 2.75) is 11.8 Å². The summed E-state index contributed by atoms with van der Waals surface area (Å²) in [6.45, 7) is 1.60. The lowest BCUT2D eigenvalue weighted by molar-refractivity contribution is 0.570. The Morgan fingerprint density at radius 1 is 1.10 bits per heavy atom. The van der Waals surface area contributed by atoms with Gasteiger partial charge in [-0.1, -0.05) is 6.07 Å². The molecule has 0 amide bonds. The standard InChI is InChI=1S/C13H12F2N2O2S/c1-8-2-3-9(14)6-12(8)17-20(18,19)13-7-10(16)4-5-11(13)15/h2-7,17H,16H2,1H3. The number of anilines is 2. The quantitative estimate of drug-likeness (QED) is 0.856. The molecule has 0 bridgehead atoms. The molecule has 20 heavy (non-hydrogen) atoms. The third-order valence-corrected chi connectivity index (χ3v) is 4.07. The van der Waals surface area contributed by atoms with Crippen molar-refractivity contribution in [3.05, 3.63) is 53.6 Å². The number of hydrogen-bond donors (Lipinski definition) is 2. The van der Waals surface area contributed by atoms with E-state index in [1.807, 2.05) is 0 Å². The Bertz CT molecular complexity index is 761. The fourth-order valence-corrected chi connectivity index (χ4v) is 2.87. The number of nitrogen functional groups attached to an aromatic ring is 1. The first kappa shape index (κ1) is 14.3. The van der Waals surface area contributed by atoms with Crippen LogP contribution in [0.1, 0.15) is 5.56 Å². The van der Waals surface area contributed by atoms with Crippen LogP contribution < -0.4 is 10.5 Å². The Labute approximate surface area is 115 Å². The minimum absolute atomic E-state index is 0.0480. The van der Waals surface area contributed by atoms with E-state index < -0.39 is 26.6 Å². The molecular weight excluding hydrogens is 286 g/mol. The average Bonchev–Trinajstić information content (AvgIpc) is 2.36. The number of benzene rings is 2. The van der Waals surface area contributed by atoms with Crippen molar-refractivity contribution < 1.29 is 17.2 Å². The summed E-state index contributed by atoms with van der Waals surface area (Å²) in [5, 5.41) is 0. The first-order chi connectivity index (χ1) is 9.29. The zero-order valence-electron chi connectivity index (χ0n) is 10.5. The van der Waals surface area contributed by atoms with Gasteiger partial charge in [-0.3, -0.25) is 4.72 Å². The summed E-state index contributed by atoms with van der Waals surface area (Å²) in [6, 6.07) is 6.87. The minimum atomic E-state index is -4.18. The van der Waals surface area contributed by atoms with Crippen molar-refractivity contribution in [3.63, 3.8) is 0 Å². The molecule has 0 unspecified atom stereocenters. The van der Waals surface area contributed by atoms with E-state index >= 15 is 0 Å². The average molecular weight is 298 g/mol. The smallest absolute Gasteiger partial charge is 0.264 e. The van der Waals surface area contributed by atoms with Gasteiger partial charge in [0.05, 0.1) is 5.69 Å². The second-order valence-corrected chi connectivity index (χ2v) is 5.91. The SMILES string of the molecule is Cc1ccc(F)cc1NS(=O)(=O)c1cc(N)ccc1F. The summed E-state index contributed by atoms with van der Waals surface area (Å²) in [4.78, 5) is -0.582. The van der Waals surface area contributed by atoms with Crippen molar-refractivity contribution >= 4 is 21.4 Å². The molecule has 0 saturated carbocycles. The van der Waals surface area contributed by atoms with Gasteiger partial charge in [-0.2, -0.15) is 0 Å². The molecule has 7 heteroatoms. The van der Waals surface area contributed by atoms with Crippen LogP contribution in [0, 0.1) is 18.6 Å². The highest BCUT2D eigenvalue weighted by molar-refractivity contribution is 7.92. The molecule has 0 atom stereocenters. The Kier molecular flexibility index (Phi) is 3.63. The van der Waals surface area contributed by atoms with E-state index in [9.17, 15) is 17.2 Å². The number of nitrogens with one attached hydrogen (secondary N) is 1. The van der Waals surface area contributed by atoms with Gasteiger partial charge in [0.1, 0.15) is 16.5 Å². The molecule has 0 radical (unpaired) electrons. The number of aryl methyl sites for hydroxylation is 1. The van der Waals surface area contributed by atoms with Gasteiger partial charge in [0.25, 0.3) is 10.0 Å². The predicted molar refractivity (Wildman–Crippen MR) is 72.8 cm³/mol. The molecule has 0 heterocycles. The maximum Gasteiger partial charge on any atom is 0.264 e. The molecule has 2 aromatic carbocycles. The normalized spacial score (nSPS) is 11.3. The zero-order valence-corrected chi connectivity index (χ0v) is 11.3. The van der Waals surface area contributed by atoms with Crippen LogP contribution in [0.4, 0.5) is 20.2 Å². The monoisotopic (exact) mass is 298 g/mol. The van der Waals surface area contributed by atoms with Gasteiger partial charge in [0.15, 0.2) is 0 Å². The fourth-order valence-electron chi connectivity index (χ4n) is 1.63. The molecule has 0 spiro atoms. The summed E-state index contributed by atoms with van der Waals surface area (Å²) < 4.78 is 53.1. The first-order valence-corrected chi connectivity index (χ1v) is 7.12. The van der Waals surface area contributed by atoms with E-state index in [1.54, 1.807) is 6.92 Å². The molecule has 2 rings (SSSR count). The third kappa shape index (κ3) is 2.88. The molecule has 0 aliphatic carbocycles. The van der Waals surface area contributed by atoms with Crippen LogP contribution in [0.2, 0.25) is 0 Å². The van der Waals surface area contributed by atoms with Gasteiger partial charge in [-0.15, -0.1) is 0 Å². The molecule has 4 nitrogen and oxygen atoms in total. The van der Waals surface area contributed by atoms with Gasteiger partial charge in [0, 0.05) is 5.69 Å². The lowest BCUT2D eigenvalue weighted by Gasteiger charge is -2.11. The van der Waals surface area contributed by atoms with E-state index in [0.29, 0.717) is 5.56 Å². The van der Waals surface area contributed by atoms with Crippen LogP contribution in [0.25, 0.3) is 0 Å². The Balaban J connectivity index is 2.46. The van der Waals surface area contributed by atoms with Crippen molar-refractivity contribution in [3.8, 4) is 0 Å². The number of sulfonamides is 1. The highest BCUT2D eigenvalue weighted by atomic mass is 32.2.